The van der Waals surface area contributed by atoms with E-state index in [1.807, 2.05) is 0 Å². The molecule has 1 heterocycles. The summed E-state index contributed by atoms with van der Waals surface area (Å²) < 4.78 is 52.6. The topological polar surface area (TPSA) is 42.1 Å². The SMILES string of the molecule is O=Cc1cc2cc(OC(F)(F)F)c(F)cc2[nH]1. The molecule has 0 atom stereocenters. The van der Waals surface area contributed by atoms with Gasteiger partial charge in [0.1, 0.15) is 0 Å². The number of hydrogen-bond acceptors (Lipinski definition) is 2. The molecule has 90 valence electrons. The van der Waals surface area contributed by atoms with Crippen LogP contribution in [-0.4, -0.2) is 17.6 Å². The zero-order valence-corrected chi connectivity index (χ0v) is 8.14. The summed E-state index contributed by atoms with van der Waals surface area (Å²) in [4.78, 5) is 13.0. The van der Waals surface area contributed by atoms with Gasteiger partial charge in [-0.3, -0.25) is 4.79 Å². The number of aromatic nitrogens is 1. The molecule has 0 fully saturated rings. The third kappa shape index (κ3) is 2.38. The van der Waals surface area contributed by atoms with Crippen molar-refractivity contribution in [3.8, 4) is 5.75 Å². The average molecular weight is 247 g/mol. The molecule has 0 amide bonds. The third-order valence-electron chi connectivity index (χ3n) is 2.05. The van der Waals surface area contributed by atoms with Gasteiger partial charge >= 0.3 is 6.36 Å². The van der Waals surface area contributed by atoms with Crippen LogP contribution >= 0.6 is 0 Å². The highest BCUT2D eigenvalue weighted by Gasteiger charge is 2.32. The van der Waals surface area contributed by atoms with Crippen LogP contribution in [0.4, 0.5) is 17.6 Å². The van der Waals surface area contributed by atoms with Crippen molar-refractivity contribution in [2.75, 3.05) is 0 Å². The van der Waals surface area contributed by atoms with Gasteiger partial charge in [0.15, 0.2) is 17.9 Å². The number of rotatable bonds is 2. The summed E-state index contributed by atoms with van der Waals surface area (Å²) in [6, 6.07) is 3.01. The Labute approximate surface area is 92.0 Å². The molecule has 2 rings (SSSR count). The number of nitrogens with one attached hydrogen (secondary N) is 1. The fraction of sp³-hybridized carbons (Fsp3) is 0.100. The minimum Gasteiger partial charge on any atom is -0.403 e. The van der Waals surface area contributed by atoms with Crippen molar-refractivity contribution in [3.05, 3.63) is 29.7 Å². The van der Waals surface area contributed by atoms with Gasteiger partial charge in [-0.2, -0.15) is 0 Å². The number of halogens is 4. The lowest BCUT2D eigenvalue weighted by atomic mass is 10.2. The number of carbonyl (C=O) groups is 1. The van der Waals surface area contributed by atoms with Gasteiger partial charge in [0.25, 0.3) is 0 Å². The van der Waals surface area contributed by atoms with E-state index in [-0.39, 0.29) is 16.6 Å². The number of H-pyrrole nitrogens is 1. The van der Waals surface area contributed by atoms with Crippen molar-refractivity contribution in [2.45, 2.75) is 6.36 Å². The van der Waals surface area contributed by atoms with Gasteiger partial charge in [-0.15, -0.1) is 13.2 Å². The van der Waals surface area contributed by atoms with E-state index in [4.69, 9.17) is 0 Å². The Morgan fingerprint density at radius 3 is 2.53 bits per heavy atom. The van der Waals surface area contributed by atoms with E-state index in [2.05, 4.69) is 9.72 Å². The van der Waals surface area contributed by atoms with Gasteiger partial charge in [-0.1, -0.05) is 0 Å². The van der Waals surface area contributed by atoms with Crippen molar-refractivity contribution >= 4 is 17.2 Å². The summed E-state index contributed by atoms with van der Waals surface area (Å²) in [7, 11) is 0. The number of ether oxygens (including phenoxy) is 1. The van der Waals surface area contributed by atoms with E-state index in [9.17, 15) is 22.4 Å². The smallest absolute Gasteiger partial charge is 0.403 e. The Morgan fingerprint density at radius 2 is 1.94 bits per heavy atom. The minimum atomic E-state index is -4.96. The van der Waals surface area contributed by atoms with Gasteiger partial charge in [-0.05, 0) is 12.1 Å². The van der Waals surface area contributed by atoms with Crippen LogP contribution in [0.25, 0.3) is 10.9 Å². The summed E-state index contributed by atoms with van der Waals surface area (Å²) in [5.74, 6) is -2.09. The van der Waals surface area contributed by atoms with E-state index < -0.39 is 17.9 Å². The maximum Gasteiger partial charge on any atom is 0.573 e. The summed E-state index contributed by atoms with van der Waals surface area (Å²) >= 11 is 0. The molecule has 3 nitrogen and oxygen atoms in total. The molecule has 0 unspecified atom stereocenters. The Morgan fingerprint density at radius 1 is 1.24 bits per heavy atom. The first-order chi connectivity index (χ1) is 7.89. The van der Waals surface area contributed by atoms with Crippen LogP contribution in [0.3, 0.4) is 0 Å². The summed E-state index contributed by atoms with van der Waals surface area (Å²) in [6.45, 7) is 0. The molecule has 0 radical (unpaired) electrons. The predicted octanol–water partition coefficient (Wildman–Crippen LogP) is 3.02. The summed E-state index contributed by atoms with van der Waals surface area (Å²) in [5, 5.41) is 0.257. The lowest BCUT2D eigenvalue weighted by Gasteiger charge is -2.09. The van der Waals surface area contributed by atoms with E-state index >= 15 is 0 Å². The van der Waals surface area contributed by atoms with Crippen molar-refractivity contribution < 1.29 is 27.1 Å². The van der Waals surface area contributed by atoms with Crippen LogP contribution in [0.5, 0.6) is 5.75 Å². The van der Waals surface area contributed by atoms with Crippen molar-refractivity contribution in [2.24, 2.45) is 0 Å². The van der Waals surface area contributed by atoms with Crippen molar-refractivity contribution in [1.82, 2.24) is 4.98 Å². The Balaban J connectivity index is 2.50. The highest BCUT2D eigenvalue weighted by atomic mass is 19.4. The standard InChI is InChI=1S/C10H5F4NO2/c11-7-3-8-5(1-6(4-16)15-8)2-9(7)17-10(12,13)14/h1-4,15H. The molecule has 17 heavy (non-hydrogen) atoms. The lowest BCUT2D eigenvalue weighted by molar-refractivity contribution is -0.275. The maximum atomic E-state index is 13.2. The van der Waals surface area contributed by atoms with Crippen LogP contribution in [0.1, 0.15) is 10.5 Å². The Hall–Kier alpha value is -2.05. The number of fused-ring (bicyclic) bond motifs is 1. The molecular formula is C10H5F4NO2. The van der Waals surface area contributed by atoms with Gasteiger partial charge in [0, 0.05) is 17.0 Å². The van der Waals surface area contributed by atoms with Crippen LogP contribution in [0.2, 0.25) is 0 Å². The molecule has 2 aromatic rings. The second kappa shape index (κ2) is 3.76. The van der Waals surface area contributed by atoms with Gasteiger partial charge in [-0.25, -0.2) is 4.39 Å². The highest BCUT2D eigenvalue weighted by molar-refractivity contribution is 5.88. The zero-order valence-electron chi connectivity index (χ0n) is 8.14. The predicted molar refractivity (Wildman–Crippen MR) is 50.3 cm³/mol. The Bertz CT molecular complexity index is 573. The number of aldehydes is 1. The van der Waals surface area contributed by atoms with Crippen molar-refractivity contribution in [1.29, 1.82) is 0 Å². The fourth-order valence-corrected chi connectivity index (χ4v) is 1.42. The first-order valence-electron chi connectivity index (χ1n) is 4.42. The molecule has 1 aromatic heterocycles. The molecular weight excluding hydrogens is 242 g/mol. The summed E-state index contributed by atoms with van der Waals surface area (Å²) in [6.07, 6.45) is -4.49. The number of benzene rings is 1. The van der Waals surface area contributed by atoms with Gasteiger partial charge in [0.05, 0.1) is 5.69 Å². The first-order valence-corrected chi connectivity index (χ1v) is 4.42. The first kappa shape index (κ1) is 11.4. The monoisotopic (exact) mass is 247 g/mol. The van der Waals surface area contributed by atoms with Crippen LogP contribution in [0, 0.1) is 5.82 Å². The van der Waals surface area contributed by atoms with Crippen LogP contribution < -0.4 is 4.74 Å². The molecule has 0 aliphatic rings. The number of aromatic amines is 1. The number of carbonyl (C=O) groups excluding carboxylic acids is 1. The molecule has 0 bridgehead atoms. The molecule has 7 heteroatoms. The quantitative estimate of drug-likeness (QED) is 0.654. The largest absolute Gasteiger partial charge is 0.573 e. The van der Waals surface area contributed by atoms with Crippen LogP contribution in [-0.2, 0) is 0 Å². The number of alkyl halides is 3. The molecule has 1 aromatic carbocycles. The molecule has 0 spiro atoms. The van der Waals surface area contributed by atoms with E-state index in [1.54, 1.807) is 0 Å². The lowest BCUT2D eigenvalue weighted by Crippen LogP contribution is -2.17. The normalized spacial score (nSPS) is 11.8. The fourth-order valence-electron chi connectivity index (χ4n) is 1.42. The molecule has 0 saturated carbocycles. The molecule has 0 aliphatic carbocycles. The second-order valence-electron chi connectivity index (χ2n) is 3.26. The Kier molecular flexibility index (Phi) is 2.53. The zero-order chi connectivity index (χ0) is 12.6. The highest BCUT2D eigenvalue weighted by Crippen LogP contribution is 2.29. The van der Waals surface area contributed by atoms with E-state index in [0.29, 0.717) is 6.29 Å². The summed E-state index contributed by atoms with van der Waals surface area (Å²) in [5.41, 5.74) is 0.364. The van der Waals surface area contributed by atoms with Gasteiger partial charge in [0.2, 0.25) is 0 Å². The van der Waals surface area contributed by atoms with E-state index in [1.165, 1.54) is 6.07 Å². The van der Waals surface area contributed by atoms with Crippen molar-refractivity contribution in [3.63, 3.8) is 0 Å². The van der Waals surface area contributed by atoms with E-state index in [0.717, 1.165) is 12.1 Å². The number of hydrogen-bond donors (Lipinski definition) is 1. The van der Waals surface area contributed by atoms with Gasteiger partial charge < -0.3 is 9.72 Å². The minimum absolute atomic E-state index is 0.142. The molecule has 0 saturated heterocycles. The maximum absolute atomic E-state index is 13.2. The average Bonchev–Trinajstić information content (AvgIpc) is 2.58. The molecule has 1 N–H and O–H groups in total. The van der Waals surface area contributed by atoms with Crippen LogP contribution in [0.15, 0.2) is 18.2 Å². The second-order valence-corrected chi connectivity index (χ2v) is 3.26. The molecule has 0 aliphatic heterocycles. The third-order valence-corrected chi connectivity index (χ3v) is 2.05.